The average molecular weight is 346 g/mol. The Hall–Kier alpha value is -3.87. The van der Waals surface area contributed by atoms with Crippen LogP contribution in [0.2, 0.25) is 0 Å². The molecule has 0 saturated heterocycles. The summed E-state index contributed by atoms with van der Waals surface area (Å²) >= 11 is 0. The molecule has 0 spiro atoms. The van der Waals surface area contributed by atoms with E-state index in [-0.39, 0.29) is 5.56 Å². The normalized spacial score (nSPS) is 10.8. The summed E-state index contributed by atoms with van der Waals surface area (Å²) in [5, 5.41) is 6.65. The van der Waals surface area contributed by atoms with E-state index < -0.39 is 6.09 Å². The van der Waals surface area contributed by atoms with Gasteiger partial charge in [-0.3, -0.25) is 9.20 Å². The van der Waals surface area contributed by atoms with Gasteiger partial charge in [0.25, 0.3) is 5.56 Å². The van der Waals surface area contributed by atoms with Crippen LogP contribution in [0.15, 0.2) is 71.7 Å². The predicted octanol–water partition coefficient (Wildman–Crippen LogP) is 2.81. The number of para-hydroxylation sites is 1. The van der Waals surface area contributed by atoms with Gasteiger partial charge in [-0.15, -0.1) is 0 Å². The van der Waals surface area contributed by atoms with Crippen molar-refractivity contribution in [2.75, 3.05) is 0 Å². The molecular formula is C19H14N4O3. The van der Waals surface area contributed by atoms with Gasteiger partial charge in [0, 0.05) is 17.3 Å². The molecule has 0 aliphatic rings. The first-order valence-electron chi connectivity index (χ1n) is 7.86. The monoisotopic (exact) mass is 346 g/mol. The third-order valence-corrected chi connectivity index (χ3v) is 4.02. The van der Waals surface area contributed by atoms with Gasteiger partial charge in [-0.2, -0.15) is 5.10 Å². The zero-order valence-electron chi connectivity index (χ0n) is 13.5. The number of hydrogen-bond donors (Lipinski definition) is 2. The molecule has 0 aliphatic heterocycles. The van der Waals surface area contributed by atoms with Gasteiger partial charge in [0.15, 0.2) is 5.82 Å². The van der Waals surface area contributed by atoms with Gasteiger partial charge in [-0.1, -0.05) is 42.5 Å². The van der Waals surface area contributed by atoms with Crippen LogP contribution < -0.4 is 16.0 Å². The number of H-pyrrole nitrogens is 1. The van der Waals surface area contributed by atoms with Crippen molar-refractivity contribution in [3.63, 3.8) is 0 Å². The summed E-state index contributed by atoms with van der Waals surface area (Å²) in [5.41, 5.74) is 7.85. The van der Waals surface area contributed by atoms with Crippen LogP contribution >= 0.6 is 0 Å². The largest absolute Gasteiger partial charge is 0.410 e. The molecule has 4 aromatic rings. The molecule has 4 rings (SSSR count). The topological polar surface area (TPSA) is 102 Å². The van der Waals surface area contributed by atoms with Crippen LogP contribution in [-0.4, -0.2) is 20.7 Å². The van der Waals surface area contributed by atoms with Crippen LogP contribution in [0.4, 0.5) is 4.79 Å². The van der Waals surface area contributed by atoms with Crippen molar-refractivity contribution in [3.8, 4) is 28.3 Å². The van der Waals surface area contributed by atoms with Crippen molar-refractivity contribution >= 4 is 11.6 Å². The van der Waals surface area contributed by atoms with Gasteiger partial charge >= 0.3 is 6.09 Å². The number of ether oxygens (including phenoxy) is 1. The molecule has 0 fully saturated rings. The van der Waals surface area contributed by atoms with Gasteiger partial charge in [-0.25, -0.2) is 9.89 Å². The van der Waals surface area contributed by atoms with Crippen molar-refractivity contribution in [3.05, 3.63) is 77.2 Å². The molecule has 0 bridgehead atoms. The Kier molecular flexibility index (Phi) is 3.74. The lowest BCUT2D eigenvalue weighted by molar-refractivity contribution is 0.211. The number of nitrogens with two attached hydrogens (primary N) is 1. The highest BCUT2D eigenvalue weighted by Crippen LogP contribution is 2.31. The van der Waals surface area contributed by atoms with Gasteiger partial charge in [0.05, 0.1) is 0 Å². The standard InChI is InChI=1S/C19H14N4O3/c20-19(25)26-16-6-2-1-4-14(16)12-7-9-13(10-8-12)17-21-22-18(24)15-5-3-11-23(15)17/h1-11H,(H2,20,25)(H,22,24). The molecule has 128 valence electrons. The number of aromatic nitrogens is 3. The molecule has 2 aromatic heterocycles. The minimum atomic E-state index is -0.860. The Bertz CT molecular complexity index is 1160. The first kappa shape index (κ1) is 15.6. The second kappa shape index (κ2) is 6.21. The van der Waals surface area contributed by atoms with E-state index in [9.17, 15) is 9.59 Å². The lowest BCUT2D eigenvalue weighted by Crippen LogP contribution is -2.16. The van der Waals surface area contributed by atoms with E-state index in [1.54, 1.807) is 34.9 Å². The van der Waals surface area contributed by atoms with Crippen LogP contribution in [-0.2, 0) is 0 Å². The Labute approximate surface area is 147 Å². The maximum absolute atomic E-state index is 11.8. The number of hydrogen-bond acceptors (Lipinski definition) is 4. The van der Waals surface area contributed by atoms with E-state index in [0.29, 0.717) is 17.1 Å². The van der Waals surface area contributed by atoms with E-state index in [1.807, 2.05) is 36.4 Å². The number of nitrogens with zero attached hydrogens (tertiary/aromatic N) is 2. The van der Waals surface area contributed by atoms with E-state index in [4.69, 9.17) is 10.5 Å². The molecule has 3 N–H and O–H groups in total. The lowest BCUT2D eigenvalue weighted by atomic mass is 10.0. The van der Waals surface area contributed by atoms with Gasteiger partial charge < -0.3 is 10.5 Å². The van der Waals surface area contributed by atoms with Gasteiger partial charge in [0.1, 0.15) is 11.3 Å². The fourth-order valence-corrected chi connectivity index (χ4v) is 2.87. The van der Waals surface area contributed by atoms with Crippen LogP contribution in [0.3, 0.4) is 0 Å². The summed E-state index contributed by atoms with van der Waals surface area (Å²) in [7, 11) is 0. The molecule has 2 aromatic carbocycles. The number of nitrogens with one attached hydrogen (secondary N) is 1. The Morgan fingerprint density at radius 1 is 1.00 bits per heavy atom. The maximum Gasteiger partial charge on any atom is 0.409 e. The van der Waals surface area contributed by atoms with Crippen molar-refractivity contribution < 1.29 is 9.53 Å². The van der Waals surface area contributed by atoms with Crippen molar-refractivity contribution in [1.29, 1.82) is 0 Å². The summed E-state index contributed by atoms with van der Waals surface area (Å²) < 4.78 is 6.79. The summed E-state index contributed by atoms with van der Waals surface area (Å²) in [6.45, 7) is 0. The molecule has 0 radical (unpaired) electrons. The molecule has 2 heterocycles. The third kappa shape index (κ3) is 2.71. The number of amides is 1. The summed E-state index contributed by atoms with van der Waals surface area (Å²) in [6, 6.07) is 18.2. The number of carbonyl (C=O) groups excluding carboxylic acids is 1. The van der Waals surface area contributed by atoms with Crippen LogP contribution in [0, 0.1) is 0 Å². The number of fused-ring (bicyclic) bond motifs is 1. The van der Waals surface area contributed by atoms with E-state index in [2.05, 4.69) is 10.2 Å². The number of aromatic amines is 1. The minimum Gasteiger partial charge on any atom is -0.410 e. The van der Waals surface area contributed by atoms with Crippen molar-refractivity contribution in [2.45, 2.75) is 0 Å². The van der Waals surface area contributed by atoms with Crippen LogP contribution in [0.1, 0.15) is 0 Å². The van der Waals surface area contributed by atoms with Gasteiger partial charge in [-0.05, 0) is 23.8 Å². The molecule has 0 unspecified atom stereocenters. The highest BCUT2D eigenvalue weighted by atomic mass is 16.5. The zero-order chi connectivity index (χ0) is 18.1. The molecule has 0 atom stereocenters. The molecule has 0 saturated carbocycles. The Morgan fingerprint density at radius 3 is 2.50 bits per heavy atom. The minimum absolute atomic E-state index is 0.243. The average Bonchev–Trinajstić information content (AvgIpc) is 3.13. The quantitative estimate of drug-likeness (QED) is 0.595. The van der Waals surface area contributed by atoms with E-state index in [1.165, 1.54) is 0 Å². The van der Waals surface area contributed by atoms with E-state index >= 15 is 0 Å². The number of primary amides is 1. The molecule has 1 amide bonds. The van der Waals surface area contributed by atoms with E-state index in [0.717, 1.165) is 16.7 Å². The summed E-state index contributed by atoms with van der Waals surface area (Å²) in [6.07, 6.45) is 0.929. The van der Waals surface area contributed by atoms with Crippen molar-refractivity contribution in [2.24, 2.45) is 5.73 Å². The Morgan fingerprint density at radius 2 is 1.73 bits per heavy atom. The maximum atomic E-state index is 11.8. The first-order chi connectivity index (χ1) is 12.6. The second-order valence-corrected chi connectivity index (χ2v) is 5.63. The summed E-state index contributed by atoms with van der Waals surface area (Å²) in [5.74, 6) is 1.01. The predicted molar refractivity (Wildman–Crippen MR) is 96.9 cm³/mol. The number of rotatable bonds is 3. The fourth-order valence-electron chi connectivity index (χ4n) is 2.87. The second-order valence-electron chi connectivity index (χ2n) is 5.63. The van der Waals surface area contributed by atoms with Crippen molar-refractivity contribution in [1.82, 2.24) is 14.6 Å². The Balaban J connectivity index is 1.76. The lowest BCUT2D eigenvalue weighted by Gasteiger charge is -2.10. The molecular weight excluding hydrogens is 332 g/mol. The summed E-state index contributed by atoms with van der Waals surface area (Å²) in [4.78, 5) is 22.9. The molecule has 26 heavy (non-hydrogen) atoms. The molecule has 7 heteroatoms. The highest BCUT2D eigenvalue weighted by molar-refractivity contribution is 5.77. The SMILES string of the molecule is NC(=O)Oc1ccccc1-c1ccc(-c2n[nH]c(=O)c3cccn23)cc1. The number of carbonyl (C=O) groups is 1. The third-order valence-electron chi connectivity index (χ3n) is 4.02. The van der Waals surface area contributed by atoms with Crippen LogP contribution in [0.5, 0.6) is 5.75 Å². The first-order valence-corrected chi connectivity index (χ1v) is 7.86. The fraction of sp³-hybridized carbons (Fsp3) is 0. The van der Waals surface area contributed by atoms with Crippen LogP contribution in [0.25, 0.3) is 28.0 Å². The highest BCUT2D eigenvalue weighted by Gasteiger charge is 2.11. The molecule has 0 aliphatic carbocycles. The smallest absolute Gasteiger partial charge is 0.409 e. The van der Waals surface area contributed by atoms with Gasteiger partial charge in [0.2, 0.25) is 0 Å². The zero-order valence-corrected chi connectivity index (χ0v) is 13.5. The number of benzene rings is 2. The molecule has 7 nitrogen and oxygen atoms in total.